The zero-order chi connectivity index (χ0) is 16.8. The summed E-state index contributed by atoms with van der Waals surface area (Å²) < 4.78 is 0. The molecule has 1 amide bonds. The summed E-state index contributed by atoms with van der Waals surface area (Å²) >= 11 is 0. The average molecular weight is 319 g/mol. The number of aromatic hydroxyl groups is 1. The molecule has 2 aromatic carbocycles. The number of H-pyrrole nitrogens is 1. The Balaban J connectivity index is 1.90. The molecule has 0 spiro atoms. The monoisotopic (exact) mass is 319 g/mol. The number of aromatic amines is 1. The van der Waals surface area contributed by atoms with Gasteiger partial charge in [-0.25, -0.2) is 4.99 Å². The van der Waals surface area contributed by atoms with Crippen molar-refractivity contribution in [2.45, 2.75) is 6.92 Å². The molecule has 0 saturated heterocycles. The van der Waals surface area contributed by atoms with Crippen molar-refractivity contribution in [3.05, 3.63) is 53.6 Å². The Kier molecular flexibility index (Phi) is 2.99. The summed E-state index contributed by atoms with van der Waals surface area (Å²) in [7, 11) is 0. The molecule has 0 fully saturated rings. The second kappa shape index (κ2) is 5.06. The quantitative estimate of drug-likeness (QED) is 0.677. The molecule has 0 bridgehead atoms. The third-order valence-electron chi connectivity index (χ3n) is 3.93. The van der Waals surface area contributed by atoms with Crippen LogP contribution in [0, 0.1) is 0 Å². The number of ketones is 1. The van der Waals surface area contributed by atoms with Crippen molar-refractivity contribution in [3.8, 4) is 5.88 Å². The fraction of sp³-hybridized carbons (Fsp3) is 0.0556. The number of para-hydroxylation sites is 1. The second-order valence-corrected chi connectivity index (χ2v) is 5.60. The Hall–Kier alpha value is -3.41. The van der Waals surface area contributed by atoms with E-state index >= 15 is 0 Å². The molecular formula is C18H13N3O3. The summed E-state index contributed by atoms with van der Waals surface area (Å²) in [6.07, 6.45) is 0. The molecule has 118 valence electrons. The van der Waals surface area contributed by atoms with Crippen LogP contribution in [0.3, 0.4) is 0 Å². The fourth-order valence-corrected chi connectivity index (χ4v) is 2.93. The molecule has 0 atom stereocenters. The van der Waals surface area contributed by atoms with Gasteiger partial charge in [0.15, 0.2) is 5.88 Å². The molecule has 1 aliphatic rings. The number of aromatic nitrogens is 1. The van der Waals surface area contributed by atoms with Crippen molar-refractivity contribution in [1.82, 2.24) is 4.98 Å². The molecule has 0 unspecified atom stereocenters. The molecule has 2 heterocycles. The van der Waals surface area contributed by atoms with E-state index in [9.17, 15) is 14.7 Å². The van der Waals surface area contributed by atoms with Gasteiger partial charge in [0, 0.05) is 29.1 Å². The maximum absolute atomic E-state index is 12.6. The maximum atomic E-state index is 12.6. The van der Waals surface area contributed by atoms with Crippen LogP contribution in [0.25, 0.3) is 10.9 Å². The SMILES string of the molecule is CC(=O)Nc1ccc2[nH]c(O)c(C3=Nc4ccccc4C3=O)c2c1. The number of hydrogen-bond acceptors (Lipinski definition) is 4. The number of anilines is 1. The van der Waals surface area contributed by atoms with E-state index in [0.717, 1.165) is 0 Å². The Labute approximate surface area is 136 Å². The summed E-state index contributed by atoms with van der Waals surface area (Å²) in [6, 6.07) is 12.2. The lowest BCUT2D eigenvalue weighted by Crippen LogP contribution is -2.11. The van der Waals surface area contributed by atoms with E-state index < -0.39 is 0 Å². The highest BCUT2D eigenvalue weighted by Gasteiger charge is 2.29. The van der Waals surface area contributed by atoms with E-state index in [0.29, 0.717) is 33.4 Å². The molecule has 3 N–H and O–H groups in total. The molecular weight excluding hydrogens is 306 g/mol. The van der Waals surface area contributed by atoms with Crippen LogP contribution in [0.1, 0.15) is 22.8 Å². The average Bonchev–Trinajstić information content (AvgIpc) is 3.03. The summed E-state index contributed by atoms with van der Waals surface area (Å²) in [6.45, 7) is 1.42. The minimum Gasteiger partial charge on any atom is -0.494 e. The molecule has 6 heteroatoms. The van der Waals surface area contributed by atoms with Crippen molar-refractivity contribution < 1.29 is 14.7 Å². The van der Waals surface area contributed by atoms with E-state index in [1.807, 2.05) is 6.07 Å². The number of Topliss-reactive ketones (excluding diaryl/α,β-unsaturated/α-hetero) is 1. The predicted molar refractivity (Wildman–Crippen MR) is 91.2 cm³/mol. The van der Waals surface area contributed by atoms with Gasteiger partial charge in [-0.3, -0.25) is 9.59 Å². The lowest BCUT2D eigenvalue weighted by Gasteiger charge is -2.03. The standard InChI is InChI=1S/C18H13N3O3/c1-9(22)19-10-6-7-14-12(8-10)15(18(24)21-14)16-17(23)11-4-2-3-5-13(11)20-16/h2-8,21,24H,1H3,(H,19,22). The van der Waals surface area contributed by atoms with Gasteiger partial charge < -0.3 is 15.4 Å². The van der Waals surface area contributed by atoms with Gasteiger partial charge in [0.1, 0.15) is 5.71 Å². The number of amides is 1. The molecule has 0 saturated carbocycles. The van der Waals surface area contributed by atoms with Gasteiger partial charge in [-0.1, -0.05) is 12.1 Å². The summed E-state index contributed by atoms with van der Waals surface area (Å²) in [5.41, 5.74) is 2.88. The van der Waals surface area contributed by atoms with Gasteiger partial charge in [0.25, 0.3) is 0 Å². The van der Waals surface area contributed by atoms with Crippen molar-refractivity contribution in [3.63, 3.8) is 0 Å². The largest absolute Gasteiger partial charge is 0.494 e. The molecule has 4 rings (SSSR count). The first-order valence-electron chi connectivity index (χ1n) is 7.39. The van der Waals surface area contributed by atoms with Crippen LogP contribution >= 0.6 is 0 Å². The lowest BCUT2D eigenvalue weighted by molar-refractivity contribution is -0.114. The summed E-state index contributed by atoms with van der Waals surface area (Å²) in [5.74, 6) is -0.547. The van der Waals surface area contributed by atoms with Gasteiger partial charge in [0.2, 0.25) is 11.7 Å². The van der Waals surface area contributed by atoms with Crippen LogP contribution in [0.5, 0.6) is 5.88 Å². The normalized spacial score (nSPS) is 13.0. The summed E-state index contributed by atoms with van der Waals surface area (Å²) in [5, 5.41) is 13.6. The van der Waals surface area contributed by atoms with E-state index in [4.69, 9.17) is 0 Å². The van der Waals surface area contributed by atoms with Gasteiger partial charge in [-0.15, -0.1) is 0 Å². The highest BCUT2D eigenvalue weighted by atomic mass is 16.3. The van der Waals surface area contributed by atoms with Gasteiger partial charge in [0.05, 0.1) is 11.3 Å². The third-order valence-corrected chi connectivity index (χ3v) is 3.93. The number of carbonyl (C=O) groups excluding carboxylic acids is 2. The Bertz CT molecular complexity index is 1050. The smallest absolute Gasteiger partial charge is 0.221 e. The number of nitrogens with zero attached hydrogens (tertiary/aromatic N) is 1. The number of fused-ring (bicyclic) bond motifs is 2. The predicted octanol–water partition coefficient (Wildman–Crippen LogP) is 3.15. The fourth-order valence-electron chi connectivity index (χ4n) is 2.93. The van der Waals surface area contributed by atoms with Crippen LogP contribution in [0.4, 0.5) is 11.4 Å². The molecule has 24 heavy (non-hydrogen) atoms. The Morgan fingerprint density at radius 3 is 2.75 bits per heavy atom. The number of hydrogen-bond donors (Lipinski definition) is 3. The zero-order valence-electron chi connectivity index (χ0n) is 12.8. The number of rotatable bonds is 2. The Morgan fingerprint density at radius 1 is 1.21 bits per heavy atom. The first-order valence-corrected chi connectivity index (χ1v) is 7.39. The molecule has 0 aliphatic carbocycles. The van der Waals surface area contributed by atoms with Gasteiger partial charge in [-0.2, -0.15) is 0 Å². The van der Waals surface area contributed by atoms with Crippen molar-refractivity contribution >= 4 is 39.7 Å². The van der Waals surface area contributed by atoms with E-state index in [1.165, 1.54) is 6.92 Å². The van der Waals surface area contributed by atoms with Crippen LogP contribution in [-0.2, 0) is 4.79 Å². The summed E-state index contributed by atoms with van der Waals surface area (Å²) in [4.78, 5) is 31.1. The highest BCUT2D eigenvalue weighted by Crippen LogP contribution is 2.35. The van der Waals surface area contributed by atoms with Crippen LogP contribution < -0.4 is 5.32 Å². The van der Waals surface area contributed by atoms with Crippen LogP contribution in [-0.4, -0.2) is 27.5 Å². The lowest BCUT2D eigenvalue weighted by atomic mass is 10.0. The number of benzene rings is 2. The van der Waals surface area contributed by atoms with Gasteiger partial charge >= 0.3 is 0 Å². The maximum Gasteiger partial charge on any atom is 0.221 e. The third kappa shape index (κ3) is 2.08. The number of nitrogens with one attached hydrogen (secondary N) is 2. The molecule has 1 aliphatic heterocycles. The molecule has 3 aromatic rings. The number of aliphatic imine (C=N–C) groups is 1. The molecule has 1 aromatic heterocycles. The minimum atomic E-state index is -0.230. The molecule has 6 nitrogen and oxygen atoms in total. The van der Waals surface area contributed by atoms with E-state index in [1.54, 1.807) is 36.4 Å². The molecule has 0 radical (unpaired) electrons. The zero-order valence-corrected chi connectivity index (χ0v) is 12.8. The minimum absolute atomic E-state index is 0.120. The topological polar surface area (TPSA) is 94.6 Å². The highest BCUT2D eigenvalue weighted by molar-refractivity contribution is 6.56. The van der Waals surface area contributed by atoms with Crippen LogP contribution in [0.2, 0.25) is 0 Å². The van der Waals surface area contributed by atoms with Crippen molar-refractivity contribution in [2.75, 3.05) is 5.32 Å². The van der Waals surface area contributed by atoms with E-state index in [2.05, 4.69) is 15.3 Å². The number of carbonyl (C=O) groups is 2. The first kappa shape index (κ1) is 14.2. The first-order chi connectivity index (χ1) is 11.5. The van der Waals surface area contributed by atoms with Gasteiger partial charge in [-0.05, 0) is 30.3 Å². The second-order valence-electron chi connectivity index (χ2n) is 5.60. The van der Waals surface area contributed by atoms with E-state index in [-0.39, 0.29) is 23.3 Å². The Morgan fingerprint density at radius 2 is 2.00 bits per heavy atom. The van der Waals surface area contributed by atoms with Crippen molar-refractivity contribution in [1.29, 1.82) is 0 Å². The van der Waals surface area contributed by atoms with Crippen LogP contribution in [0.15, 0.2) is 47.5 Å². The van der Waals surface area contributed by atoms with Crippen molar-refractivity contribution in [2.24, 2.45) is 4.99 Å².